The zero-order valence-electron chi connectivity index (χ0n) is 10.5. The van der Waals surface area contributed by atoms with Crippen molar-refractivity contribution in [2.45, 2.75) is 18.9 Å². The number of imide groups is 1. The molecule has 0 saturated carbocycles. The molecule has 1 fully saturated rings. The number of carbonyl (C=O) groups is 3. The minimum atomic E-state index is -0.480. The molecule has 2 atom stereocenters. The van der Waals surface area contributed by atoms with Gasteiger partial charge in [0.25, 0.3) is 5.91 Å². The van der Waals surface area contributed by atoms with E-state index in [9.17, 15) is 14.4 Å². The molecule has 0 radical (unpaired) electrons. The van der Waals surface area contributed by atoms with Crippen LogP contribution in [0.25, 0.3) is 0 Å². The summed E-state index contributed by atoms with van der Waals surface area (Å²) in [5.74, 6) is -1.39. The Morgan fingerprint density at radius 3 is 2.75 bits per heavy atom. The topological polar surface area (TPSA) is 99.1 Å². The van der Waals surface area contributed by atoms with Crippen LogP contribution in [0.5, 0.6) is 0 Å². The third-order valence-electron chi connectivity index (χ3n) is 3.73. The highest BCUT2D eigenvalue weighted by Crippen LogP contribution is 2.35. The summed E-state index contributed by atoms with van der Waals surface area (Å²) in [5, 5.41) is 14.0. The molecule has 1 saturated heterocycles. The molecule has 2 N–H and O–H groups in total. The highest BCUT2D eigenvalue weighted by atomic mass is 16.2. The number of hydrogen-bond donors (Lipinski definition) is 2. The Kier molecular flexibility index (Phi) is 2.75. The van der Waals surface area contributed by atoms with Gasteiger partial charge in [0.05, 0.1) is 23.6 Å². The van der Waals surface area contributed by atoms with Crippen LogP contribution in [0.1, 0.15) is 40.4 Å². The van der Waals surface area contributed by atoms with Gasteiger partial charge in [0, 0.05) is 12.0 Å². The number of nitriles is 1. The first-order chi connectivity index (χ1) is 9.60. The van der Waals surface area contributed by atoms with Gasteiger partial charge in [-0.1, -0.05) is 0 Å². The molecule has 0 bridgehead atoms. The van der Waals surface area contributed by atoms with Crippen LogP contribution in [0.2, 0.25) is 0 Å². The molecule has 3 rings (SSSR count). The van der Waals surface area contributed by atoms with Gasteiger partial charge in [0.1, 0.15) is 0 Å². The number of fused-ring (bicyclic) bond motifs is 1. The Morgan fingerprint density at radius 2 is 2.05 bits per heavy atom. The predicted molar refractivity (Wildman–Crippen MR) is 67.2 cm³/mol. The highest BCUT2D eigenvalue weighted by molar-refractivity contribution is 6.02. The number of nitrogens with one attached hydrogen (secondary N) is 2. The summed E-state index contributed by atoms with van der Waals surface area (Å²) in [4.78, 5) is 35.0. The molecule has 6 heteroatoms. The highest BCUT2D eigenvalue weighted by Gasteiger charge is 2.40. The smallest absolute Gasteiger partial charge is 0.252 e. The Balaban J connectivity index is 1.98. The third kappa shape index (κ3) is 1.84. The minimum absolute atomic E-state index is 0.251. The average Bonchev–Trinajstić information content (AvgIpc) is 2.75. The monoisotopic (exact) mass is 269 g/mol. The SMILES string of the molecule is N#Cc1ccc2c(c1)C(C1CCC(=O)NC1=O)NC2=O. The van der Waals surface area contributed by atoms with Crippen molar-refractivity contribution in [1.29, 1.82) is 5.26 Å². The van der Waals surface area contributed by atoms with Crippen molar-refractivity contribution < 1.29 is 14.4 Å². The molecule has 1 aromatic rings. The molecule has 2 unspecified atom stereocenters. The van der Waals surface area contributed by atoms with Gasteiger partial charge >= 0.3 is 0 Å². The fraction of sp³-hybridized carbons (Fsp3) is 0.286. The number of amides is 3. The zero-order chi connectivity index (χ0) is 14.3. The van der Waals surface area contributed by atoms with E-state index in [0.29, 0.717) is 23.1 Å². The van der Waals surface area contributed by atoms with Crippen LogP contribution in [-0.4, -0.2) is 17.7 Å². The van der Waals surface area contributed by atoms with E-state index in [1.54, 1.807) is 18.2 Å². The van der Waals surface area contributed by atoms with Gasteiger partial charge in [-0.3, -0.25) is 19.7 Å². The van der Waals surface area contributed by atoms with Crippen molar-refractivity contribution in [2.24, 2.45) is 5.92 Å². The van der Waals surface area contributed by atoms with Gasteiger partial charge < -0.3 is 5.32 Å². The zero-order valence-corrected chi connectivity index (χ0v) is 10.5. The summed E-state index contributed by atoms with van der Waals surface area (Å²) in [6.07, 6.45) is 0.655. The second-order valence-electron chi connectivity index (χ2n) is 4.92. The van der Waals surface area contributed by atoms with Gasteiger partial charge in [-0.15, -0.1) is 0 Å². The van der Waals surface area contributed by atoms with E-state index in [0.717, 1.165) is 0 Å². The molecule has 20 heavy (non-hydrogen) atoms. The minimum Gasteiger partial charge on any atom is -0.344 e. The van der Waals surface area contributed by atoms with E-state index in [1.807, 2.05) is 6.07 Å². The summed E-state index contributed by atoms with van der Waals surface area (Å²) < 4.78 is 0. The lowest BCUT2D eigenvalue weighted by molar-refractivity contribution is -0.137. The van der Waals surface area contributed by atoms with Crippen molar-refractivity contribution in [2.75, 3.05) is 0 Å². The number of rotatable bonds is 1. The molecular formula is C14H11N3O3. The second-order valence-corrected chi connectivity index (χ2v) is 4.92. The van der Waals surface area contributed by atoms with Crippen LogP contribution in [0.3, 0.4) is 0 Å². The molecule has 0 aliphatic carbocycles. The van der Waals surface area contributed by atoms with E-state index >= 15 is 0 Å². The van der Waals surface area contributed by atoms with Crippen LogP contribution < -0.4 is 10.6 Å². The van der Waals surface area contributed by atoms with Crippen LogP contribution in [0.4, 0.5) is 0 Å². The van der Waals surface area contributed by atoms with Gasteiger partial charge in [-0.2, -0.15) is 5.26 Å². The summed E-state index contributed by atoms with van der Waals surface area (Å²) >= 11 is 0. The van der Waals surface area contributed by atoms with E-state index in [2.05, 4.69) is 10.6 Å². The van der Waals surface area contributed by atoms with E-state index in [4.69, 9.17) is 5.26 Å². The summed E-state index contributed by atoms with van der Waals surface area (Å²) in [5.41, 5.74) is 1.58. The van der Waals surface area contributed by atoms with Crippen LogP contribution >= 0.6 is 0 Å². The maximum absolute atomic E-state index is 11.9. The Morgan fingerprint density at radius 1 is 1.25 bits per heavy atom. The Labute approximate surface area is 114 Å². The molecule has 2 heterocycles. The molecule has 2 aliphatic rings. The molecule has 1 aromatic carbocycles. The molecule has 6 nitrogen and oxygen atoms in total. The normalized spacial score (nSPS) is 24.6. The summed E-state index contributed by atoms with van der Waals surface area (Å²) in [6.45, 7) is 0. The van der Waals surface area contributed by atoms with Crippen LogP contribution in [0.15, 0.2) is 18.2 Å². The second kappa shape index (κ2) is 4.46. The molecule has 0 aromatic heterocycles. The molecule has 3 amide bonds. The lowest BCUT2D eigenvalue weighted by Gasteiger charge is -2.26. The first kappa shape index (κ1) is 12.4. The van der Waals surface area contributed by atoms with E-state index < -0.39 is 12.0 Å². The fourth-order valence-corrected chi connectivity index (χ4v) is 2.74. The van der Waals surface area contributed by atoms with Crippen molar-refractivity contribution in [3.8, 4) is 6.07 Å². The molecule has 2 aliphatic heterocycles. The predicted octanol–water partition coefficient (Wildman–Crippen LogP) is 0.396. The average molecular weight is 269 g/mol. The standard InChI is InChI=1S/C14H11N3O3/c15-6-7-1-2-8-10(5-7)12(17-13(8)19)9-3-4-11(18)16-14(9)20/h1-2,5,9,12H,3-4H2,(H,17,19)(H,16,18,20). The van der Waals surface area contributed by atoms with Gasteiger partial charge in [0.15, 0.2) is 0 Å². The first-order valence-corrected chi connectivity index (χ1v) is 6.29. The summed E-state index contributed by atoms with van der Waals surface area (Å²) in [7, 11) is 0. The quantitative estimate of drug-likeness (QED) is 0.720. The number of nitrogens with zero attached hydrogens (tertiary/aromatic N) is 1. The van der Waals surface area contributed by atoms with Crippen molar-refractivity contribution in [3.05, 3.63) is 34.9 Å². The number of benzene rings is 1. The maximum atomic E-state index is 11.9. The first-order valence-electron chi connectivity index (χ1n) is 6.29. The van der Waals surface area contributed by atoms with Crippen molar-refractivity contribution in [1.82, 2.24) is 10.6 Å². The van der Waals surface area contributed by atoms with Crippen LogP contribution in [0, 0.1) is 17.2 Å². The van der Waals surface area contributed by atoms with Gasteiger partial charge in [0.2, 0.25) is 11.8 Å². The van der Waals surface area contributed by atoms with Crippen LogP contribution in [-0.2, 0) is 9.59 Å². The lowest BCUT2D eigenvalue weighted by atomic mass is 9.86. The molecule has 0 spiro atoms. The van der Waals surface area contributed by atoms with E-state index in [1.165, 1.54) is 0 Å². The van der Waals surface area contributed by atoms with E-state index in [-0.39, 0.29) is 24.1 Å². The lowest BCUT2D eigenvalue weighted by Crippen LogP contribution is -2.45. The largest absolute Gasteiger partial charge is 0.344 e. The Hall–Kier alpha value is -2.68. The summed E-state index contributed by atoms with van der Waals surface area (Å²) in [6, 6.07) is 6.34. The Bertz CT molecular complexity index is 675. The number of hydrogen-bond acceptors (Lipinski definition) is 4. The fourth-order valence-electron chi connectivity index (χ4n) is 2.74. The van der Waals surface area contributed by atoms with Crippen molar-refractivity contribution >= 4 is 17.7 Å². The molecule has 100 valence electrons. The van der Waals surface area contributed by atoms with Gasteiger partial charge in [-0.05, 0) is 30.2 Å². The maximum Gasteiger partial charge on any atom is 0.252 e. The third-order valence-corrected chi connectivity index (χ3v) is 3.73. The number of piperidine rings is 1. The number of carbonyl (C=O) groups excluding carboxylic acids is 3. The molecular weight excluding hydrogens is 258 g/mol. The van der Waals surface area contributed by atoms with Gasteiger partial charge in [-0.25, -0.2) is 0 Å². The van der Waals surface area contributed by atoms with Crippen molar-refractivity contribution in [3.63, 3.8) is 0 Å².